The Morgan fingerprint density at radius 3 is 3.11 bits per heavy atom. The molecule has 8 nitrogen and oxygen atoms in total. The van der Waals surface area contributed by atoms with E-state index in [2.05, 4.69) is 20.4 Å². The molecule has 1 atom stereocenters. The summed E-state index contributed by atoms with van der Waals surface area (Å²) in [6.07, 6.45) is 3.91. The zero-order chi connectivity index (χ0) is 19.8. The number of rotatable bonds is 9. The van der Waals surface area contributed by atoms with Gasteiger partial charge >= 0.3 is 0 Å². The third kappa shape index (κ3) is 6.03. The van der Waals surface area contributed by atoms with Crippen LogP contribution in [0.1, 0.15) is 34.8 Å². The van der Waals surface area contributed by atoms with Crippen molar-refractivity contribution in [3.8, 4) is 5.75 Å². The van der Waals surface area contributed by atoms with Crippen molar-refractivity contribution in [2.75, 3.05) is 39.9 Å². The number of hydrogen-bond donors (Lipinski definition) is 1. The Hall–Kier alpha value is -2.45. The summed E-state index contributed by atoms with van der Waals surface area (Å²) < 4.78 is 15.9. The fraction of sp³-hybridized carbons (Fsp3) is 0.550. The maximum Gasteiger partial charge on any atom is 0.273 e. The number of amides is 1. The Balaban J connectivity index is 1.43. The van der Waals surface area contributed by atoms with Crippen LogP contribution in [0.4, 0.5) is 0 Å². The molecule has 0 radical (unpaired) electrons. The summed E-state index contributed by atoms with van der Waals surface area (Å²) in [5, 5.41) is 6.82. The van der Waals surface area contributed by atoms with E-state index in [1.54, 1.807) is 19.4 Å². The maximum absolute atomic E-state index is 12.3. The van der Waals surface area contributed by atoms with Gasteiger partial charge in [-0.15, -0.1) is 0 Å². The van der Waals surface area contributed by atoms with Crippen molar-refractivity contribution >= 4 is 5.91 Å². The third-order valence-electron chi connectivity index (χ3n) is 4.82. The zero-order valence-corrected chi connectivity index (χ0v) is 16.5. The number of likely N-dealkylation sites (tertiary alicyclic amines) is 1. The molecule has 28 heavy (non-hydrogen) atoms. The molecule has 0 spiro atoms. The van der Waals surface area contributed by atoms with Gasteiger partial charge in [-0.2, -0.15) is 0 Å². The van der Waals surface area contributed by atoms with Gasteiger partial charge in [0.15, 0.2) is 11.5 Å². The van der Waals surface area contributed by atoms with Crippen LogP contribution in [0, 0.1) is 12.8 Å². The van der Waals surface area contributed by atoms with E-state index in [9.17, 15) is 4.79 Å². The number of nitrogens with one attached hydrogen (secondary N) is 1. The van der Waals surface area contributed by atoms with Gasteiger partial charge in [0, 0.05) is 38.5 Å². The fourth-order valence-corrected chi connectivity index (χ4v) is 3.25. The van der Waals surface area contributed by atoms with Crippen LogP contribution >= 0.6 is 0 Å². The Morgan fingerprint density at radius 1 is 1.43 bits per heavy atom. The van der Waals surface area contributed by atoms with Crippen LogP contribution in [-0.2, 0) is 11.3 Å². The molecule has 152 valence electrons. The molecule has 1 amide bonds. The standard InChI is InChI=1S/C20H28N4O4/c1-15-5-6-17(12-21-15)27-14-18-10-19(23-28-18)20(25)22-11-16-4-3-7-24(13-16)8-9-26-2/h5-6,10,12,16H,3-4,7-9,11,13-14H2,1-2H3,(H,22,25). The average Bonchev–Trinajstić information content (AvgIpc) is 3.19. The molecule has 0 aliphatic carbocycles. The number of carbonyl (C=O) groups is 1. The molecular weight excluding hydrogens is 360 g/mol. The molecule has 1 aliphatic heterocycles. The normalized spacial score (nSPS) is 17.4. The molecule has 0 saturated carbocycles. The number of nitrogens with zero attached hydrogens (tertiary/aromatic N) is 3. The smallest absolute Gasteiger partial charge is 0.273 e. The summed E-state index contributed by atoms with van der Waals surface area (Å²) in [6, 6.07) is 5.32. The summed E-state index contributed by atoms with van der Waals surface area (Å²) >= 11 is 0. The Morgan fingerprint density at radius 2 is 2.32 bits per heavy atom. The number of pyridine rings is 1. The van der Waals surface area contributed by atoms with Gasteiger partial charge in [-0.1, -0.05) is 5.16 Å². The van der Waals surface area contributed by atoms with E-state index < -0.39 is 0 Å². The lowest BCUT2D eigenvalue weighted by Gasteiger charge is -2.32. The van der Waals surface area contributed by atoms with E-state index in [0.717, 1.165) is 44.8 Å². The van der Waals surface area contributed by atoms with Gasteiger partial charge in [-0.25, -0.2) is 0 Å². The molecular formula is C20H28N4O4. The number of ether oxygens (including phenoxy) is 2. The molecule has 3 rings (SSSR count). The molecule has 1 N–H and O–H groups in total. The Bertz CT molecular complexity index is 747. The Kier molecular flexibility index (Phi) is 7.39. The monoisotopic (exact) mass is 388 g/mol. The number of methoxy groups -OCH3 is 1. The second kappa shape index (κ2) is 10.2. The number of aryl methyl sites for hydroxylation is 1. The van der Waals surface area contributed by atoms with Crippen molar-refractivity contribution in [1.29, 1.82) is 0 Å². The van der Waals surface area contributed by atoms with E-state index in [-0.39, 0.29) is 18.2 Å². The lowest BCUT2D eigenvalue weighted by Crippen LogP contribution is -2.42. The molecule has 2 aromatic rings. The summed E-state index contributed by atoms with van der Waals surface area (Å²) in [5.74, 6) is 1.36. The van der Waals surface area contributed by atoms with Crippen molar-refractivity contribution in [2.45, 2.75) is 26.4 Å². The molecule has 1 unspecified atom stereocenters. The SMILES string of the molecule is COCCN1CCCC(CNC(=O)c2cc(COc3ccc(C)nc3)on2)C1. The van der Waals surface area contributed by atoms with E-state index in [4.69, 9.17) is 14.0 Å². The number of piperidine rings is 1. The lowest BCUT2D eigenvalue weighted by atomic mass is 9.98. The third-order valence-corrected chi connectivity index (χ3v) is 4.82. The van der Waals surface area contributed by atoms with Crippen molar-refractivity contribution in [3.05, 3.63) is 41.5 Å². The van der Waals surface area contributed by atoms with E-state index in [1.165, 1.54) is 0 Å². The highest BCUT2D eigenvalue weighted by Crippen LogP contribution is 2.16. The van der Waals surface area contributed by atoms with Gasteiger partial charge in [0.05, 0.1) is 12.8 Å². The minimum absolute atomic E-state index is 0.197. The first-order chi connectivity index (χ1) is 13.6. The van der Waals surface area contributed by atoms with Crippen LogP contribution in [-0.4, -0.2) is 60.8 Å². The number of aromatic nitrogens is 2. The van der Waals surface area contributed by atoms with Crippen LogP contribution in [0.3, 0.4) is 0 Å². The predicted octanol–water partition coefficient (Wildman–Crippen LogP) is 2.05. The largest absolute Gasteiger partial charge is 0.484 e. The highest BCUT2D eigenvalue weighted by molar-refractivity contribution is 5.92. The van der Waals surface area contributed by atoms with Crippen molar-refractivity contribution < 1.29 is 18.8 Å². The Labute approximate surface area is 165 Å². The summed E-state index contributed by atoms with van der Waals surface area (Å²) in [5.41, 5.74) is 1.19. The molecule has 1 aliphatic rings. The molecule has 0 aromatic carbocycles. The van der Waals surface area contributed by atoms with Gasteiger partial charge in [-0.3, -0.25) is 9.78 Å². The molecule has 2 aromatic heterocycles. The van der Waals surface area contributed by atoms with Gasteiger partial charge in [0.1, 0.15) is 12.4 Å². The summed E-state index contributed by atoms with van der Waals surface area (Å²) in [7, 11) is 1.72. The average molecular weight is 388 g/mol. The molecule has 3 heterocycles. The molecule has 0 bridgehead atoms. The van der Waals surface area contributed by atoms with E-state index >= 15 is 0 Å². The van der Waals surface area contributed by atoms with E-state index in [0.29, 0.717) is 24.0 Å². The first-order valence-electron chi connectivity index (χ1n) is 9.64. The predicted molar refractivity (Wildman–Crippen MR) is 103 cm³/mol. The minimum Gasteiger partial charge on any atom is -0.484 e. The van der Waals surface area contributed by atoms with Crippen LogP contribution in [0.25, 0.3) is 0 Å². The van der Waals surface area contributed by atoms with Gasteiger partial charge in [0.2, 0.25) is 0 Å². The fourth-order valence-electron chi connectivity index (χ4n) is 3.25. The van der Waals surface area contributed by atoms with E-state index in [1.807, 2.05) is 19.1 Å². The zero-order valence-electron chi connectivity index (χ0n) is 16.5. The number of hydrogen-bond acceptors (Lipinski definition) is 7. The second-order valence-corrected chi connectivity index (χ2v) is 7.11. The quantitative estimate of drug-likeness (QED) is 0.703. The minimum atomic E-state index is -0.221. The van der Waals surface area contributed by atoms with Gasteiger partial charge in [-0.05, 0) is 44.4 Å². The number of carbonyl (C=O) groups excluding carboxylic acids is 1. The lowest BCUT2D eigenvalue weighted by molar-refractivity contribution is 0.0904. The summed E-state index contributed by atoms with van der Waals surface area (Å²) in [6.45, 7) is 6.49. The van der Waals surface area contributed by atoms with Crippen LogP contribution in [0.5, 0.6) is 5.75 Å². The highest BCUT2D eigenvalue weighted by atomic mass is 16.5. The summed E-state index contributed by atoms with van der Waals surface area (Å²) in [4.78, 5) is 18.9. The maximum atomic E-state index is 12.3. The first kappa shape index (κ1) is 20.3. The van der Waals surface area contributed by atoms with Gasteiger partial charge < -0.3 is 24.2 Å². The van der Waals surface area contributed by atoms with Crippen molar-refractivity contribution in [2.24, 2.45) is 5.92 Å². The first-order valence-corrected chi connectivity index (χ1v) is 9.64. The molecule has 1 saturated heterocycles. The van der Waals surface area contributed by atoms with Crippen molar-refractivity contribution in [1.82, 2.24) is 20.4 Å². The van der Waals surface area contributed by atoms with Crippen molar-refractivity contribution in [3.63, 3.8) is 0 Å². The van der Waals surface area contributed by atoms with Crippen LogP contribution in [0.15, 0.2) is 28.9 Å². The highest BCUT2D eigenvalue weighted by Gasteiger charge is 2.21. The second-order valence-electron chi connectivity index (χ2n) is 7.11. The van der Waals surface area contributed by atoms with Crippen LogP contribution in [0.2, 0.25) is 0 Å². The topological polar surface area (TPSA) is 89.7 Å². The molecule has 8 heteroatoms. The van der Waals surface area contributed by atoms with Gasteiger partial charge in [0.25, 0.3) is 5.91 Å². The molecule has 1 fully saturated rings. The van der Waals surface area contributed by atoms with Crippen LogP contribution < -0.4 is 10.1 Å².